The van der Waals surface area contributed by atoms with Crippen LogP contribution in [0, 0.1) is 6.92 Å². The first-order valence-electron chi connectivity index (χ1n) is 6.51. The summed E-state index contributed by atoms with van der Waals surface area (Å²) in [5.74, 6) is 0.880. The van der Waals surface area contributed by atoms with Gasteiger partial charge in [0.25, 0.3) is 0 Å². The van der Waals surface area contributed by atoms with Crippen LogP contribution < -0.4 is 5.73 Å². The van der Waals surface area contributed by atoms with Gasteiger partial charge in [0.05, 0.1) is 17.4 Å². The molecule has 0 unspecified atom stereocenters. The van der Waals surface area contributed by atoms with E-state index in [4.69, 9.17) is 5.73 Å². The molecule has 2 aromatic rings. The zero-order chi connectivity index (χ0) is 13.2. The SMILES string of the molecule is CCC(N)(CC)c1ncc(-c2ccccc2C)[nH]1. The summed E-state index contributed by atoms with van der Waals surface area (Å²) < 4.78 is 0. The van der Waals surface area contributed by atoms with Crippen molar-refractivity contribution in [2.24, 2.45) is 5.73 Å². The first-order valence-corrected chi connectivity index (χ1v) is 6.51. The molecule has 0 spiro atoms. The van der Waals surface area contributed by atoms with Crippen molar-refractivity contribution in [1.82, 2.24) is 9.97 Å². The highest BCUT2D eigenvalue weighted by Crippen LogP contribution is 2.27. The van der Waals surface area contributed by atoms with E-state index in [0.29, 0.717) is 0 Å². The van der Waals surface area contributed by atoms with Crippen LogP contribution in [0.25, 0.3) is 11.3 Å². The van der Waals surface area contributed by atoms with Gasteiger partial charge >= 0.3 is 0 Å². The monoisotopic (exact) mass is 243 g/mol. The Bertz CT molecular complexity index is 524. The molecule has 3 nitrogen and oxygen atoms in total. The lowest BCUT2D eigenvalue weighted by Crippen LogP contribution is -2.36. The van der Waals surface area contributed by atoms with Gasteiger partial charge in [0.15, 0.2) is 0 Å². The number of nitrogens with one attached hydrogen (secondary N) is 1. The molecule has 0 saturated heterocycles. The van der Waals surface area contributed by atoms with Gasteiger partial charge in [-0.25, -0.2) is 4.98 Å². The molecular weight excluding hydrogens is 222 g/mol. The van der Waals surface area contributed by atoms with Crippen molar-refractivity contribution < 1.29 is 0 Å². The Kier molecular flexibility index (Phi) is 3.53. The third kappa shape index (κ3) is 2.18. The van der Waals surface area contributed by atoms with Crippen LogP contribution in [-0.4, -0.2) is 9.97 Å². The summed E-state index contributed by atoms with van der Waals surface area (Å²) in [6.07, 6.45) is 3.64. The van der Waals surface area contributed by atoms with Crippen molar-refractivity contribution in [3.63, 3.8) is 0 Å². The van der Waals surface area contributed by atoms with Crippen LogP contribution >= 0.6 is 0 Å². The highest BCUT2D eigenvalue weighted by atomic mass is 15.0. The fourth-order valence-corrected chi connectivity index (χ4v) is 2.17. The van der Waals surface area contributed by atoms with Crippen molar-refractivity contribution in [1.29, 1.82) is 0 Å². The standard InChI is InChI=1S/C15H21N3/c1-4-15(16,5-2)14-17-10-13(18-14)12-9-7-6-8-11(12)3/h6-10H,4-5,16H2,1-3H3,(H,17,18). The second-order valence-corrected chi connectivity index (χ2v) is 4.82. The summed E-state index contributed by atoms with van der Waals surface area (Å²) in [5.41, 5.74) is 9.47. The zero-order valence-corrected chi connectivity index (χ0v) is 11.3. The minimum absolute atomic E-state index is 0.346. The maximum absolute atomic E-state index is 6.35. The summed E-state index contributed by atoms with van der Waals surface area (Å²) >= 11 is 0. The summed E-state index contributed by atoms with van der Waals surface area (Å²) in [5, 5.41) is 0. The number of benzene rings is 1. The van der Waals surface area contributed by atoms with Gasteiger partial charge in [-0.2, -0.15) is 0 Å². The van der Waals surface area contributed by atoms with Crippen LogP contribution in [0.5, 0.6) is 0 Å². The predicted octanol–water partition coefficient (Wildman–Crippen LogP) is 3.36. The summed E-state index contributed by atoms with van der Waals surface area (Å²) in [4.78, 5) is 7.84. The molecule has 96 valence electrons. The van der Waals surface area contributed by atoms with Gasteiger partial charge < -0.3 is 10.7 Å². The second kappa shape index (κ2) is 4.94. The smallest absolute Gasteiger partial charge is 0.126 e. The number of aryl methyl sites for hydroxylation is 1. The van der Waals surface area contributed by atoms with Crippen LogP contribution in [0.3, 0.4) is 0 Å². The molecule has 0 saturated carbocycles. The molecule has 1 aromatic carbocycles. The molecule has 0 fully saturated rings. The normalized spacial score (nSPS) is 11.8. The Labute approximate surface area is 108 Å². The predicted molar refractivity (Wildman–Crippen MR) is 75.2 cm³/mol. The van der Waals surface area contributed by atoms with Crippen LogP contribution in [0.15, 0.2) is 30.5 Å². The number of hydrogen-bond donors (Lipinski definition) is 2. The average molecular weight is 243 g/mol. The summed E-state index contributed by atoms with van der Waals surface area (Å²) in [6, 6.07) is 8.29. The largest absolute Gasteiger partial charge is 0.340 e. The van der Waals surface area contributed by atoms with Crippen molar-refractivity contribution in [2.45, 2.75) is 39.2 Å². The lowest BCUT2D eigenvalue weighted by Gasteiger charge is -2.23. The molecule has 2 rings (SSSR count). The van der Waals surface area contributed by atoms with E-state index in [1.165, 1.54) is 11.1 Å². The van der Waals surface area contributed by atoms with Crippen molar-refractivity contribution in [2.75, 3.05) is 0 Å². The molecule has 0 radical (unpaired) electrons. The second-order valence-electron chi connectivity index (χ2n) is 4.82. The van der Waals surface area contributed by atoms with Crippen LogP contribution in [0.4, 0.5) is 0 Å². The molecule has 18 heavy (non-hydrogen) atoms. The Morgan fingerprint density at radius 1 is 1.22 bits per heavy atom. The Morgan fingerprint density at radius 2 is 1.89 bits per heavy atom. The molecule has 3 N–H and O–H groups in total. The van der Waals surface area contributed by atoms with E-state index in [9.17, 15) is 0 Å². The average Bonchev–Trinajstić information content (AvgIpc) is 2.88. The van der Waals surface area contributed by atoms with Gasteiger partial charge in [-0.3, -0.25) is 0 Å². The van der Waals surface area contributed by atoms with Crippen LogP contribution in [0.2, 0.25) is 0 Å². The Balaban J connectivity index is 2.40. The highest BCUT2D eigenvalue weighted by molar-refractivity contribution is 5.62. The van der Waals surface area contributed by atoms with Gasteiger partial charge in [-0.05, 0) is 25.3 Å². The van der Waals surface area contributed by atoms with Gasteiger partial charge in [-0.1, -0.05) is 38.1 Å². The molecular formula is C15H21N3. The maximum atomic E-state index is 6.35. The van der Waals surface area contributed by atoms with E-state index >= 15 is 0 Å². The molecule has 1 heterocycles. The third-order valence-corrected chi connectivity index (χ3v) is 3.74. The number of imidazole rings is 1. The van der Waals surface area contributed by atoms with Crippen LogP contribution in [0.1, 0.15) is 38.1 Å². The van der Waals surface area contributed by atoms with Crippen molar-refractivity contribution in [3.05, 3.63) is 41.9 Å². The lowest BCUT2D eigenvalue weighted by molar-refractivity contribution is 0.391. The molecule has 0 aliphatic heterocycles. The third-order valence-electron chi connectivity index (χ3n) is 3.74. The Morgan fingerprint density at radius 3 is 2.50 bits per heavy atom. The summed E-state index contributed by atoms with van der Waals surface area (Å²) in [6.45, 7) is 6.30. The Hall–Kier alpha value is -1.61. The highest BCUT2D eigenvalue weighted by Gasteiger charge is 2.26. The number of aromatic nitrogens is 2. The minimum atomic E-state index is -0.346. The number of H-pyrrole nitrogens is 1. The summed E-state index contributed by atoms with van der Waals surface area (Å²) in [7, 11) is 0. The van der Waals surface area contributed by atoms with Gasteiger partial charge in [0.1, 0.15) is 5.82 Å². The van der Waals surface area contributed by atoms with Crippen LogP contribution in [-0.2, 0) is 5.54 Å². The van der Waals surface area contributed by atoms with E-state index in [1.54, 1.807) is 0 Å². The fraction of sp³-hybridized carbons (Fsp3) is 0.400. The minimum Gasteiger partial charge on any atom is -0.340 e. The lowest BCUT2D eigenvalue weighted by atomic mass is 9.93. The molecule has 0 atom stereocenters. The zero-order valence-electron chi connectivity index (χ0n) is 11.3. The topological polar surface area (TPSA) is 54.7 Å². The molecule has 1 aromatic heterocycles. The van der Waals surface area contributed by atoms with Gasteiger partial charge in [0, 0.05) is 5.56 Å². The number of rotatable bonds is 4. The van der Waals surface area contributed by atoms with E-state index < -0.39 is 0 Å². The van der Waals surface area contributed by atoms with E-state index in [0.717, 1.165) is 24.4 Å². The number of hydrogen-bond acceptors (Lipinski definition) is 2. The van der Waals surface area contributed by atoms with E-state index in [1.807, 2.05) is 18.3 Å². The molecule has 0 aliphatic rings. The van der Waals surface area contributed by atoms with Gasteiger partial charge in [-0.15, -0.1) is 0 Å². The molecule has 0 bridgehead atoms. The number of nitrogens with zero attached hydrogens (tertiary/aromatic N) is 1. The van der Waals surface area contributed by atoms with Crippen molar-refractivity contribution >= 4 is 0 Å². The maximum Gasteiger partial charge on any atom is 0.126 e. The van der Waals surface area contributed by atoms with Crippen molar-refractivity contribution in [3.8, 4) is 11.3 Å². The van der Waals surface area contributed by atoms with E-state index in [-0.39, 0.29) is 5.54 Å². The molecule has 0 amide bonds. The molecule has 0 aliphatic carbocycles. The van der Waals surface area contributed by atoms with Gasteiger partial charge in [0.2, 0.25) is 0 Å². The number of nitrogens with two attached hydrogens (primary N) is 1. The van der Waals surface area contributed by atoms with E-state index in [2.05, 4.69) is 42.9 Å². The quantitative estimate of drug-likeness (QED) is 0.865. The molecule has 3 heteroatoms. The first-order chi connectivity index (χ1) is 8.60. The first kappa shape index (κ1) is 12.8. The fourth-order valence-electron chi connectivity index (χ4n) is 2.17. The number of aromatic amines is 1.